The van der Waals surface area contributed by atoms with Gasteiger partial charge in [-0.05, 0) is 37.5 Å². The quantitative estimate of drug-likeness (QED) is 0.871. The molecule has 0 spiro atoms. The minimum atomic E-state index is -0.468. The Labute approximate surface area is 114 Å². The number of aliphatic hydroxyl groups is 1. The molecule has 0 fully saturated rings. The van der Waals surface area contributed by atoms with Gasteiger partial charge in [-0.2, -0.15) is 0 Å². The molecule has 1 aliphatic rings. The van der Waals surface area contributed by atoms with Crippen LogP contribution in [-0.4, -0.2) is 10.7 Å². The molecule has 0 aromatic heterocycles. The number of hydrogen-bond acceptors (Lipinski definition) is 2. The van der Waals surface area contributed by atoms with Crippen molar-refractivity contribution in [3.05, 3.63) is 28.8 Å². The third-order valence-corrected chi connectivity index (χ3v) is 4.09. The van der Waals surface area contributed by atoms with Crippen LogP contribution in [-0.2, 0) is 0 Å². The van der Waals surface area contributed by atoms with Crippen molar-refractivity contribution in [2.24, 2.45) is 0 Å². The molecule has 0 saturated heterocycles. The summed E-state index contributed by atoms with van der Waals surface area (Å²) in [6.07, 6.45) is 4.39. The third-order valence-electron chi connectivity index (χ3n) is 3.85. The normalized spacial score (nSPS) is 26.6. The first-order valence-electron chi connectivity index (χ1n) is 6.77. The maximum absolute atomic E-state index is 10.3. The highest BCUT2D eigenvalue weighted by atomic mass is 35.5. The molecular formula is C15H21ClO2. The largest absolute Gasteiger partial charge is 0.487 e. The monoisotopic (exact) mass is 268 g/mol. The van der Waals surface area contributed by atoms with E-state index in [4.69, 9.17) is 16.3 Å². The summed E-state index contributed by atoms with van der Waals surface area (Å²) in [6.45, 7) is 4.31. The SMILES string of the molecule is CCCCC1(CC)CC(O)c2cc(Cl)ccc2O1. The summed E-state index contributed by atoms with van der Waals surface area (Å²) >= 11 is 5.96. The molecule has 1 aromatic carbocycles. The molecule has 0 radical (unpaired) electrons. The first-order chi connectivity index (χ1) is 8.60. The highest BCUT2D eigenvalue weighted by molar-refractivity contribution is 6.30. The van der Waals surface area contributed by atoms with Crippen LogP contribution < -0.4 is 4.74 Å². The predicted molar refractivity (Wildman–Crippen MR) is 74.2 cm³/mol. The second kappa shape index (κ2) is 5.50. The van der Waals surface area contributed by atoms with Crippen molar-refractivity contribution in [1.82, 2.24) is 0 Å². The molecule has 2 rings (SSSR count). The van der Waals surface area contributed by atoms with Crippen LogP contribution in [0.15, 0.2) is 18.2 Å². The van der Waals surface area contributed by atoms with Crippen LogP contribution in [0, 0.1) is 0 Å². The lowest BCUT2D eigenvalue weighted by Gasteiger charge is -2.40. The predicted octanol–water partition coefficient (Wildman–Crippen LogP) is 4.49. The van der Waals surface area contributed by atoms with E-state index in [1.54, 1.807) is 6.07 Å². The molecule has 0 amide bonds. The fraction of sp³-hybridized carbons (Fsp3) is 0.600. The van der Waals surface area contributed by atoms with E-state index in [-0.39, 0.29) is 5.60 Å². The van der Waals surface area contributed by atoms with Crippen molar-refractivity contribution in [2.75, 3.05) is 0 Å². The number of hydrogen-bond donors (Lipinski definition) is 1. The summed E-state index contributed by atoms with van der Waals surface area (Å²) in [6, 6.07) is 5.50. The Bertz CT molecular complexity index is 419. The molecule has 3 heteroatoms. The van der Waals surface area contributed by atoms with Gasteiger partial charge >= 0.3 is 0 Å². The molecule has 18 heavy (non-hydrogen) atoms. The van der Waals surface area contributed by atoms with Crippen molar-refractivity contribution in [1.29, 1.82) is 0 Å². The van der Waals surface area contributed by atoms with E-state index in [2.05, 4.69) is 13.8 Å². The van der Waals surface area contributed by atoms with E-state index in [1.165, 1.54) is 0 Å². The van der Waals surface area contributed by atoms with E-state index in [9.17, 15) is 5.11 Å². The van der Waals surface area contributed by atoms with Crippen molar-refractivity contribution >= 4 is 11.6 Å². The van der Waals surface area contributed by atoms with Crippen molar-refractivity contribution in [2.45, 2.75) is 57.7 Å². The van der Waals surface area contributed by atoms with Crippen LogP contribution in [0.2, 0.25) is 5.02 Å². The maximum atomic E-state index is 10.3. The van der Waals surface area contributed by atoms with Gasteiger partial charge in [0.2, 0.25) is 0 Å². The van der Waals surface area contributed by atoms with Gasteiger partial charge in [-0.25, -0.2) is 0 Å². The van der Waals surface area contributed by atoms with Gasteiger partial charge in [0.1, 0.15) is 11.4 Å². The van der Waals surface area contributed by atoms with Gasteiger partial charge in [0.15, 0.2) is 0 Å². The Kier molecular flexibility index (Phi) is 4.18. The molecule has 1 aliphatic heterocycles. The Balaban J connectivity index is 2.27. The molecule has 2 unspecified atom stereocenters. The molecule has 1 aromatic rings. The molecular weight excluding hydrogens is 248 g/mol. The zero-order valence-electron chi connectivity index (χ0n) is 11.1. The summed E-state index contributed by atoms with van der Waals surface area (Å²) in [5.41, 5.74) is 0.610. The van der Waals surface area contributed by atoms with Crippen LogP contribution in [0.25, 0.3) is 0 Å². The molecule has 2 atom stereocenters. The highest BCUT2D eigenvalue weighted by Gasteiger charge is 2.38. The first-order valence-corrected chi connectivity index (χ1v) is 7.14. The van der Waals surface area contributed by atoms with Crippen LogP contribution in [0.3, 0.4) is 0 Å². The number of fused-ring (bicyclic) bond motifs is 1. The highest BCUT2D eigenvalue weighted by Crippen LogP contribution is 2.44. The van der Waals surface area contributed by atoms with Gasteiger partial charge in [0, 0.05) is 17.0 Å². The van der Waals surface area contributed by atoms with Crippen LogP contribution >= 0.6 is 11.6 Å². The number of halogens is 1. The van der Waals surface area contributed by atoms with Crippen molar-refractivity contribution < 1.29 is 9.84 Å². The topological polar surface area (TPSA) is 29.5 Å². The minimum absolute atomic E-state index is 0.212. The van der Waals surface area contributed by atoms with Gasteiger partial charge in [-0.1, -0.05) is 31.9 Å². The molecule has 0 aliphatic carbocycles. The Morgan fingerprint density at radius 2 is 2.22 bits per heavy atom. The fourth-order valence-corrected chi connectivity index (χ4v) is 2.84. The third kappa shape index (κ3) is 2.65. The van der Waals surface area contributed by atoms with E-state index in [1.807, 2.05) is 12.1 Å². The average molecular weight is 269 g/mol. The van der Waals surface area contributed by atoms with Gasteiger partial charge in [0.05, 0.1) is 6.10 Å². The second-order valence-electron chi connectivity index (χ2n) is 5.14. The van der Waals surface area contributed by atoms with Gasteiger partial charge < -0.3 is 9.84 Å². The van der Waals surface area contributed by atoms with Crippen LogP contribution in [0.5, 0.6) is 5.75 Å². The summed E-state index contributed by atoms with van der Waals surface area (Å²) in [7, 11) is 0. The molecule has 2 nitrogen and oxygen atoms in total. The number of benzene rings is 1. The van der Waals surface area contributed by atoms with Gasteiger partial charge in [-0.15, -0.1) is 0 Å². The summed E-state index contributed by atoms with van der Waals surface area (Å²) < 4.78 is 6.18. The molecule has 100 valence electrons. The van der Waals surface area contributed by atoms with E-state index in [0.717, 1.165) is 37.0 Å². The number of rotatable bonds is 4. The van der Waals surface area contributed by atoms with E-state index < -0.39 is 6.10 Å². The van der Waals surface area contributed by atoms with E-state index >= 15 is 0 Å². The average Bonchev–Trinajstić information content (AvgIpc) is 2.37. The van der Waals surface area contributed by atoms with Crippen LogP contribution in [0.1, 0.15) is 57.6 Å². The van der Waals surface area contributed by atoms with Crippen molar-refractivity contribution in [3.8, 4) is 5.75 Å². The van der Waals surface area contributed by atoms with Crippen LogP contribution in [0.4, 0.5) is 0 Å². The number of unbranched alkanes of at least 4 members (excludes halogenated alkanes) is 1. The van der Waals surface area contributed by atoms with E-state index in [0.29, 0.717) is 11.4 Å². The van der Waals surface area contributed by atoms with Gasteiger partial charge in [-0.3, -0.25) is 0 Å². The zero-order valence-corrected chi connectivity index (χ0v) is 11.8. The summed E-state index contributed by atoms with van der Waals surface area (Å²) in [5, 5.41) is 11.0. The zero-order chi connectivity index (χ0) is 13.2. The minimum Gasteiger partial charge on any atom is -0.487 e. The summed E-state index contributed by atoms with van der Waals surface area (Å²) in [4.78, 5) is 0. The lowest BCUT2D eigenvalue weighted by molar-refractivity contribution is -0.0240. The Hall–Kier alpha value is -0.730. The lowest BCUT2D eigenvalue weighted by atomic mass is 9.83. The smallest absolute Gasteiger partial charge is 0.126 e. The fourth-order valence-electron chi connectivity index (χ4n) is 2.66. The lowest BCUT2D eigenvalue weighted by Crippen LogP contribution is -2.40. The second-order valence-corrected chi connectivity index (χ2v) is 5.58. The Morgan fingerprint density at radius 1 is 1.44 bits per heavy atom. The molecule has 1 heterocycles. The standard InChI is InChI=1S/C15H21ClO2/c1-3-5-8-15(4-2)10-13(17)12-9-11(16)6-7-14(12)18-15/h6-7,9,13,17H,3-5,8,10H2,1-2H3. The molecule has 0 saturated carbocycles. The first kappa shape index (κ1) is 13.7. The van der Waals surface area contributed by atoms with Crippen molar-refractivity contribution in [3.63, 3.8) is 0 Å². The molecule has 1 N–H and O–H groups in total. The van der Waals surface area contributed by atoms with Gasteiger partial charge in [0.25, 0.3) is 0 Å². The number of aliphatic hydroxyl groups excluding tert-OH is 1. The Morgan fingerprint density at radius 3 is 2.89 bits per heavy atom. The molecule has 0 bridgehead atoms. The summed E-state index contributed by atoms with van der Waals surface area (Å²) in [5.74, 6) is 0.788. The maximum Gasteiger partial charge on any atom is 0.126 e. The number of ether oxygens (including phenoxy) is 1.